The Balaban J connectivity index is 1.60. The SMILES string of the molecule is COc1ccc2cnc([C@H]3CCCN(C(=O)c4cc(C)c(C)s4)C3)cc2c1C. The Morgan fingerprint density at radius 1 is 1.25 bits per heavy atom. The van der Waals surface area contributed by atoms with Gasteiger partial charge in [-0.2, -0.15) is 0 Å². The Morgan fingerprint density at radius 2 is 2.07 bits per heavy atom. The summed E-state index contributed by atoms with van der Waals surface area (Å²) in [6.07, 6.45) is 4.02. The summed E-state index contributed by atoms with van der Waals surface area (Å²) in [5.74, 6) is 1.33. The van der Waals surface area contributed by atoms with E-state index in [0.717, 1.165) is 53.2 Å². The second-order valence-electron chi connectivity index (χ2n) is 7.66. The van der Waals surface area contributed by atoms with Crippen LogP contribution in [0.2, 0.25) is 0 Å². The maximum atomic E-state index is 13.0. The van der Waals surface area contributed by atoms with Gasteiger partial charge in [-0.3, -0.25) is 9.78 Å². The molecule has 4 nitrogen and oxygen atoms in total. The number of aromatic nitrogens is 1. The molecule has 0 N–H and O–H groups in total. The summed E-state index contributed by atoms with van der Waals surface area (Å²) in [5.41, 5.74) is 3.40. The molecule has 146 valence electrons. The van der Waals surface area contributed by atoms with Crippen LogP contribution < -0.4 is 4.74 Å². The predicted octanol–water partition coefficient (Wildman–Crippen LogP) is 5.25. The van der Waals surface area contributed by atoms with E-state index in [4.69, 9.17) is 9.72 Å². The third-order valence-corrected chi connectivity index (χ3v) is 7.01. The molecule has 1 aromatic carbocycles. The van der Waals surface area contributed by atoms with Gasteiger partial charge < -0.3 is 9.64 Å². The fraction of sp³-hybridized carbons (Fsp3) is 0.391. The van der Waals surface area contributed by atoms with Crippen molar-refractivity contribution in [2.75, 3.05) is 20.2 Å². The average Bonchev–Trinajstić information content (AvgIpc) is 3.06. The van der Waals surface area contributed by atoms with Gasteiger partial charge in [0.1, 0.15) is 5.75 Å². The fourth-order valence-corrected chi connectivity index (χ4v) is 5.05. The number of likely N-dealkylation sites (tertiary alicyclic amines) is 1. The van der Waals surface area contributed by atoms with Crippen molar-refractivity contribution in [1.29, 1.82) is 0 Å². The van der Waals surface area contributed by atoms with Crippen LogP contribution in [-0.4, -0.2) is 36.0 Å². The number of ether oxygens (including phenoxy) is 1. The van der Waals surface area contributed by atoms with Crippen molar-refractivity contribution in [1.82, 2.24) is 9.88 Å². The number of carbonyl (C=O) groups is 1. The van der Waals surface area contributed by atoms with Crippen LogP contribution in [0, 0.1) is 20.8 Å². The highest BCUT2D eigenvalue weighted by Gasteiger charge is 2.27. The normalized spacial score (nSPS) is 17.1. The highest BCUT2D eigenvalue weighted by molar-refractivity contribution is 7.14. The zero-order chi connectivity index (χ0) is 19.8. The van der Waals surface area contributed by atoms with Gasteiger partial charge in [0.05, 0.1) is 12.0 Å². The Kier molecular flexibility index (Phi) is 5.11. The third-order valence-electron chi connectivity index (χ3n) is 5.87. The highest BCUT2D eigenvalue weighted by Crippen LogP contribution is 2.32. The summed E-state index contributed by atoms with van der Waals surface area (Å²) in [6.45, 7) is 7.79. The van der Waals surface area contributed by atoms with Crippen LogP contribution in [0.4, 0.5) is 0 Å². The van der Waals surface area contributed by atoms with E-state index in [9.17, 15) is 4.79 Å². The molecule has 1 amide bonds. The lowest BCUT2D eigenvalue weighted by Gasteiger charge is -2.32. The number of piperidine rings is 1. The Hall–Kier alpha value is -2.40. The van der Waals surface area contributed by atoms with Gasteiger partial charge in [-0.1, -0.05) is 0 Å². The van der Waals surface area contributed by atoms with E-state index in [1.807, 2.05) is 23.2 Å². The van der Waals surface area contributed by atoms with Crippen molar-refractivity contribution in [3.05, 3.63) is 57.0 Å². The van der Waals surface area contributed by atoms with Gasteiger partial charge in [-0.05, 0) is 74.4 Å². The average molecular weight is 395 g/mol. The molecule has 5 heteroatoms. The number of nitrogens with zero attached hydrogens (tertiary/aromatic N) is 2. The number of amides is 1. The summed E-state index contributed by atoms with van der Waals surface area (Å²) < 4.78 is 5.48. The molecule has 0 unspecified atom stereocenters. The second kappa shape index (κ2) is 7.55. The summed E-state index contributed by atoms with van der Waals surface area (Å²) in [5, 5.41) is 2.30. The van der Waals surface area contributed by atoms with Crippen molar-refractivity contribution in [2.24, 2.45) is 0 Å². The van der Waals surface area contributed by atoms with Crippen molar-refractivity contribution in [2.45, 2.75) is 39.5 Å². The monoisotopic (exact) mass is 394 g/mol. The van der Waals surface area contributed by atoms with Gasteiger partial charge in [-0.25, -0.2) is 0 Å². The van der Waals surface area contributed by atoms with Crippen LogP contribution in [0.5, 0.6) is 5.75 Å². The molecule has 0 aliphatic carbocycles. The van der Waals surface area contributed by atoms with Gasteiger partial charge in [-0.15, -0.1) is 11.3 Å². The molecule has 4 rings (SSSR count). The van der Waals surface area contributed by atoms with E-state index >= 15 is 0 Å². The van der Waals surface area contributed by atoms with Gasteiger partial charge in [0.2, 0.25) is 0 Å². The second-order valence-corrected chi connectivity index (χ2v) is 8.92. The maximum absolute atomic E-state index is 13.0. The van der Waals surface area contributed by atoms with Crippen LogP contribution >= 0.6 is 11.3 Å². The summed E-state index contributed by atoms with van der Waals surface area (Å²) in [7, 11) is 1.70. The van der Waals surface area contributed by atoms with E-state index < -0.39 is 0 Å². The maximum Gasteiger partial charge on any atom is 0.263 e. The van der Waals surface area contributed by atoms with Gasteiger partial charge in [0.15, 0.2) is 0 Å². The number of rotatable bonds is 3. The molecule has 2 aromatic heterocycles. The van der Waals surface area contributed by atoms with Gasteiger partial charge >= 0.3 is 0 Å². The number of hydrogen-bond donors (Lipinski definition) is 0. The molecule has 0 radical (unpaired) electrons. The Morgan fingerprint density at radius 3 is 2.79 bits per heavy atom. The Bertz CT molecular complexity index is 1020. The lowest BCUT2D eigenvalue weighted by molar-refractivity contribution is 0.0711. The largest absolute Gasteiger partial charge is 0.496 e. The Labute approximate surface area is 170 Å². The van der Waals surface area contributed by atoms with Crippen LogP contribution in [-0.2, 0) is 0 Å². The predicted molar refractivity (Wildman–Crippen MR) is 115 cm³/mol. The summed E-state index contributed by atoms with van der Waals surface area (Å²) in [6, 6.07) is 8.25. The lowest BCUT2D eigenvalue weighted by Crippen LogP contribution is -2.39. The standard InChI is InChI=1S/C23H26N2O2S/c1-14-10-22(28-16(14)3)23(26)25-9-5-6-18(13-25)20-11-19-15(2)21(27-4)8-7-17(19)12-24-20/h7-8,10-12,18H,5-6,9,13H2,1-4H3/t18-/m0/s1. The summed E-state index contributed by atoms with van der Waals surface area (Å²) >= 11 is 1.60. The number of methoxy groups -OCH3 is 1. The van der Waals surface area contributed by atoms with Crippen molar-refractivity contribution < 1.29 is 9.53 Å². The van der Waals surface area contributed by atoms with Gasteiger partial charge in [0, 0.05) is 41.2 Å². The van der Waals surface area contributed by atoms with Crippen molar-refractivity contribution in [3.63, 3.8) is 0 Å². The minimum Gasteiger partial charge on any atom is -0.496 e. The van der Waals surface area contributed by atoms with E-state index in [2.05, 4.69) is 32.9 Å². The molecule has 28 heavy (non-hydrogen) atoms. The number of carbonyl (C=O) groups excluding carboxylic acids is 1. The smallest absolute Gasteiger partial charge is 0.263 e. The van der Waals surface area contributed by atoms with Gasteiger partial charge in [0.25, 0.3) is 5.91 Å². The zero-order valence-electron chi connectivity index (χ0n) is 16.9. The molecule has 1 fully saturated rings. The number of fused-ring (bicyclic) bond motifs is 1. The first-order valence-electron chi connectivity index (χ1n) is 9.77. The number of pyridine rings is 1. The van der Waals surface area contributed by atoms with Crippen molar-refractivity contribution in [3.8, 4) is 5.75 Å². The zero-order valence-corrected chi connectivity index (χ0v) is 17.7. The quantitative estimate of drug-likeness (QED) is 0.609. The molecular weight excluding hydrogens is 368 g/mol. The molecule has 3 aromatic rings. The molecule has 3 heterocycles. The first-order chi connectivity index (χ1) is 13.5. The first kappa shape index (κ1) is 18.9. The lowest BCUT2D eigenvalue weighted by atomic mass is 9.92. The molecule has 0 spiro atoms. The van der Waals surface area contributed by atoms with E-state index in [-0.39, 0.29) is 11.8 Å². The molecule has 1 saturated heterocycles. The third kappa shape index (κ3) is 3.39. The molecule has 0 saturated carbocycles. The van der Waals surface area contributed by atoms with E-state index in [0.29, 0.717) is 0 Å². The first-order valence-corrected chi connectivity index (χ1v) is 10.6. The van der Waals surface area contributed by atoms with Crippen LogP contribution in [0.25, 0.3) is 10.8 Å². The van der Waals surface area contributed by atoms with Crippen molar-refractivity contribution >= 4 is 28.0 Å². The number of thiophene rings is 1. The fourth-order valence-electron chi connectivity index (χ4n) is 4.04. The number of hydrogen-bond acceptors (Lipinski definition) is 4. The number of benzene rings is 1. The van der Waals surface area contributed by atoms with Crippen LogP contribution in [0.3, 0.4) is 0 Å². The molecule has 1 aliphatic rings. The summed E-state index contributed by atoms with van der Waals surface area (Å²) in [4.78, 5) is 21.8. The minimum atomic E-state index is 0.157. The molecule has 1 atom stereocenters. The topological polar surface area (TPSA) is 42.4 Å². The van der Waals surface area contributed by atoms with E-state index in [1.165, 1.54) is 15.8 Å². The van der Waals surface area contributed by atoms with Crippen LogP contribution in [0.1, 0.15) is 50.1 Å². The van der Waals surface area contributed by atoms with Crippen LogP contribution in [0.15, 0.2) is 30.5 Å². The number of aryl methyl sites for hydroxylation is 3. The minimum absolute atomic E-state index is 0.157. The molecule has 0 bridgehead atoms. The molecular formula is C23H26N2O2S. The highest BCUT2D eigenvalue weighted by atomic mass is 32.1. The molecule has 1 aliphatic heterocycles. The van der Waals surface area contributed by atoms with E-state index in [1.54, 1.807) is 18.4 Å².